The van der Waals surface area contributed by atoms with Gasteiger partial charge in [-0.15, -0.1) is 0 Å². The quantitative estimate of drug-likeness (QED) is 0.0650. The second-order valence-corrected chi connectivity index (χ2v) is 14.8. The van der Waals surface area contributed by atoms with Gasteiger partial charge in [0.1, 0.15) is 22.9 Å². The number of amides is 2. The van der Waals surface area contributed by atoms with Gasteiger partial charge in [0.15, 0.2) is 18.4 Å². The molecule has 10 nitrogen and oxygen atoms in total. The molecule has 5 rings (SSSR count). The summed E-state index contributed by atoms with van der Waals surface area (Å²) in [7, 11) is -2.34. The third-order valence-corrected chi connectivity index (χ3v) is 11.2. The Morgan fingerprint density at radius 2 is 1.40 bits per heavy atom. The Kier molecular flexibility index (Phi) is 10.9. The van der Waals surface area contributed by atoms with Crippen LogP contribution in [0, 0.1) is 6.92 Å². The predicted molar refractivity (Wildman–Crippen MR) is 181 cm³/mol. The van der Waals surface area contributed by atoms with Crippen molar-refractivity contribution in [2.24, 2.45) is 0 Å². The van der Waals surface area contributed by atoms with Crippen LogP contribution in [0.1, 0.15) is 29.7 Å². The Morgan fingerprint density at radius 1 is 0.854 bits per heavy atom. The molecule has 1 saturated heterocycles. The lowest BCUT2D eigenvalue weighted by molar-refractivity contribution is -0.155. The van der Waals surface area contributed by atoms with Crippen LogP contribution >= 0.6 is 10.8 Å². The molecule has 248 valence electrons. The SMILES string of the molecule is CO/C(C)=C(\C(=O)OC(c1ccccc1)c1ccccc1)N1C(=O)[C@@H](NC(=O)COc2ccccc2)[C@H]1SS(=O)(=O)c1ccc(C)cc1. The minimum atomic E-state index is -4.09. The summed E-state index contributed by atoms with van der Waals surface area (Å²) < 4.78 is 44.3. The number of carbonyl (C=O) groups is 3. The molecule has 1 aliphatic rings. The molecule has 4 aromatic rings. The molecule has 48 heavy (non-hydrogen) atoms. The van der Waals surface area contributed by atoms with Gasteiger partial charge in [0.2, 0.25) is 8.87 Å². The molecular formula is C36H34N2O8S2. The molecule has 1 N–H and O–H groups in total. The molecule has 0 radical (unpaired) electrons. The number of ether oxygens (including phenoxy) is 3. The number of likely N-dealkylation sites (tertiary alicyclic amines) is 1. The van der Waals surface area contributed by atoms with Crippen LogP contribution in [0.2, 0.25) is 0 Å². The Balaban J connectivity index is 1.46. The highest BCUT2D eigenvalue weighted by molar-refractivity contribution is 8.72. The van der Waals surface area contributed by atoms with Gasteiger partial charge in [0.25, 0.3) is 11.8 Å². The van der Waals surface area contributed by atoms with Crippen LogP contribution < -0.4 is 10.1 Å². The van der Waals surface area contributed by atoms with E-state index < -0.39 is 50.8 Å². The van der Waals surface area contributed by atoms with Crippen molar-refractivity contribution in [1.29, 1.82) is 0 Å². The number of allylic oxidation sites excluding steroid dienone is 1. The first-order valence-electron chi connectivity index (χ1n) is 14.9. The van der Waals surface area contributed by atoms with Gasteiger partial charge in [-0.05, 0) is 49.2 Å². The normalized spacial score (nSPS) is 16.4. The van der Waals surface area contributed by atoms with E-state index in [1.807, 2.05) is 67.6 Å². The zero-order valence-corrected chi connectivity index (χ0v) is 28.1. The highest BCUT2D eigenvalue weighted by atomic mass is 33.1. The molecule has 0 saturated carbocycles. The van der Waals surface area contributed by atoms with Crippen LogP contribution in [0.15, 0.2) is 132 Å². The number of nitrogens with one attached hydrogen (secondary N) is 1. The molecule has 2 amide bonds. The van der Waals surface area contributed by atoms with E-state index in [2.05, 4.69) is 5.32 Å². The van der Waals surface area contributed by atoms with Gasteiger partial charge in [-0.25, -0.2) is 13.2 Å². The highest BCUT2D eigenvalue weighted by Gasteiger charge is 2.55. The minimum Gasteiger partial charge on any atom is -0.499 e. The molecule has 12 heteroatoms. The summed E-state index contributed by atoms with van der Waals surface area (Å²) in [6, 6.07) is 31.7. The zero-order chi connectivity index (χ0) is 34.3. The number of nitrogens with zero attached hydrogens (tertiary/aromatic N) is 1. The average Bonchev–Trinajstić information content (AvgIpc) is 3.11. The van der Waals surface area contributed by atoms with Crippen LogP contribution in [-0.2, 0) is 32.7 Å². The Hall–Kier alpha value is -5.07. The number of rotatable bonds is 13. The van der Waals surface area contributed by atoms with Crippen molar-refractivity contribution < 1.29 is 37.0 Å². The summed E-state index contributed by atoms with van der Waals surface area (Å²) in [4.78, 5) is 41.8. The third-order valence-electron chi connectivity index (χ3n) is 7.51. The molecule has 0 aliphatic carbocycles. The van der Waals surface area contributed by atoms with E-state index in [0.29, 0.717) is 27.7 Å². The first kappa shape index (κ1) is 34.3. The first-order chi connectivity index (χ1) is 23.1. The fraction of sp³-hybridized carbons (Fsp3) is 0.194. The lowest BCUT2D eigenvalue weighted by Crippen LogP contribution is -2.70. The Labute approximate surface area is 283 Å². The van der Waals surface area contributed by atoms with Crippen LogP contribution in [0.25, 0.3) is 0 Å². The van der Waals surface area contributed by atoms with Crippen molar-refractivity contribution in [2.45, 2.75) is 36.3 Å². The highest BCUT2D eigenvalue weighted by Crippen LogP contribution is 2.41. The van der Waals surface area contributed by atoms with Gasteiger partial charge in [-0.3, -0.25) is 14.5 Å². The van der Waals surface area contributed by atoms with E-state index in [0.717, 1.165) is 10.5 Å². The maximum absolute atomic E-state index is 14.1. The largest absolute Gasteiger partial charge is 0.499 e. The standard InChI is InChI=1S/C36H34N2O8S2/c1-24-19-21-29(22-20-24)48(42,43)47-35-31(37-30(39)23-45-28-17-11-6-12-18-28)34(40)38(35)32(25(2)44-3)36(41)46-33(26-13-7-4-8-14-26)27-15-9-5-10-16-27/h4-22,31,33,35H,23H2,1-3H3,(H,37,39)/b32-25+/t31-,35-/m1/s1. The zero-order valence-electron chi connectivity index (χ0n) is 26.4. The summed E-state index contributed by atoms with van der Waals surface area (Å²) in [6.07, 6.45) is -0.857. The first-order valence-corrected chi connectivity index (χ1v) is 17.8. The van der Waals surface area contributed by atoms with Crippen molar-refractivity contribution in [3.8, 4) is 5.75 Å². The Morgan fingerprint density at radius 3 is 1.94 bits per heavy atom. The topological polar surface area (TPSA) is 128 Å². The summed E-state index contributed by atoms with van der Waals surface area (Å²) in [5.74, 6) is -1.84. The van der Waals surface area contributed by atoms with Crippen LogP contribution in [-0.4, -0.2) is 56.2 Å². The van der Waals surface area contributed by atoms with Gasteiger partial charge in [0.05, 0.1) is 12.0 Å². The van der Waals surface area contributed by atoms with Crippen LogP contribution in [0.5, 0.6) is 5.75 Å². The maximum Gasteiger partial charge on any atom is 0.359 e. The molecular weight excluding hydrogens is 653 g/mol. The number of methoxy groups -OCH3 is 1. The maximum atomic E-state index is 14.1. The second kappa shape index (κ2) is 15.2. The fourth-order valence-corrected chi connectivity index (χ4v) is 8.43. The number of para-hydroxylation sites is 1. The second-order valence-electron chi connectivity index (χ2n) is 10.8. The van der Waals surface area contributed by atoms with Gasteiger partial charge >= 0.3 is 5.97 Å². The number of benzene rings is 4. The average molecular weight is 687 g/mol. The van der Waals surface area contributed by atoms with Gasteiger partial charge in [0, 0.05) is 10.8 Å². The van der Waals surface area contributed by atoms with Crippen LogP contribution in [0.3, 0.4) is 0 Å². The summed E-state index contributed by atoms with van der Waals surface area (Å²) in [6.45, 7) is 2.88. The van der Waals surface area contributed by atoms with Crippen molar-refractivity contribution >= 4 is 37.4 Å². The van der Waals surface area contributed by atoms with E-state index in [1.54, 1.807) is 42.5 Å². The predicted octanol–water partition coefficient (Wildman–Crippen LogP) is 5.36. The molecule has 1 fully saturated rings. The fourth-order valence-electron chi connectivity index (χ4n) is 4.96. The van der Waals surface area contributed by atoms with Gasteiger partial charge in [-0.2, -0.15) is 0 Å². The summed E-state index contributed by atoms with van der Waals surface area (Å²) in [5, 5.41) is 1.33. The van der Waals surface area contributed by atoms with Gasteiger partial charge < -0.3 is 19.5 Å². The number of esters is 1. The molecule has 1 aliphatic heterocycles. The Bertz CT molecular complexity index is 1850. The molecule has 0 aromatic heterocycles. The summed E-state index contributed by atoms with van der Waals surface area (Å²) >= 11 is 0. The molecule has 0 spiro atoms. The third kappa shape index (κ3) is 7.89. The molecule has 0 unspecified atom stereocenters. The van der Waals surface area contributed by atoms with E-state index in [-0.39, 0.29) is 16.4 Å². The van der Waals surface area contributed by atoms with Crippen molar-refractivity contribution in [3.05, 3.63) is 143 Å². The lowest BCUT2D eigenvalue weighted by atomic mass is 10.0. The van der Waals surface area contributed by atoms with E-state index in [9.17, 15) is 22.8 Å². The molecule has 4 aromatic carbocycles. The smallest absolute Gasteiger partial charge is 0.359 e. The van der Waals surface area contributed by atoms with E-state index >= 15 is 0 Å². The van der Waals surface area contributed by atoms with Crippen molar-refractivity contribution in [2.75, 3.05) is 13.7 Å². The van der Waals surface area contributed by atoms with Crippen molar-refractivity contribution in [1.82, 2.24) is 10.2 Å². The number of aryl methyl sites for hydroxylation is 1. The molecule has 1 heterocycles. The van der Waals surface area contributed by atoms with Crippen LogP contribution in [0.4, 0.5) is 0 Å². The molecule has 2 atom stereocenters. The minimum absolute atomic E-state index is 0.000301. The van der Waals surface area contributed by atoms with Crippen molar-refractivity contribution in [3.63, 3.8) is 0 Å². The number of hydrogen-bond acceptors (Lipinski definition) is 9. The monoisotopic (exact) mass is 686 g/mol. The lowest BCUT2D eigenvalue weighted by Gasteiger charge is -2.46. The van der Waals surface area contributed by atoms with E-state index in [4.69, 9.17) is 14.2 Å². The number of β-lactam (4-membered cyclic amide) rings is 1. The summed E-state index contributed by atoms with van der Waals surface area (Å²) in [5.41, 5.74) is 1.93. The van der Waals surface area contributed by atoms with E-state index in [1.165, 1.54) is 26.2 Å². The number of hydrogen-bond donors (Lipinski definition) is 1. The number of carbonyl (C=O) groups excluding carboxylic acids is 3. The molecule has 0 bridgehead atoms. The van der Waals surface area contributed by atoms with Gasteiger partial charge in [-0.1, -0.05) is 96.6 Å².